The quantitative estimate of drug-likeness (QED) is 0.708. The molecule has 0 unspecified atom stereocenters. The molecule has 0 saturated carbocycles. The fourth-order valence-corrected chi connectivity index (χ4v) is 4.17. The van der Waals surface area contributed by atoms with Crippen LogP contribution < -0.4 is 4.74 Å². The number of fused-ring (bicyclic) bond motifs is 1. The molecule has 0 aromatic heterocycles. The third kappa shape index (κ3) is 4.47. The maximum atomic E-state index is 12.7. The van der Waals surface area contributed by atoms with Crippen LogP contribution in [0.2, 0.25) is 0 Å². The summed E-state index contributed by atoms with van der Waals surface area (Å²) in [6, 6.07) is 12.8. The van der Waals surface area contributed by atoms with Crippen molar-refractivity contribution < 1.29 is 18.3 Å². The number of thioether (sulfide) groups is 1. The summed E-state index contributed by atoms with van der Waals surface area (Å²) in [6.07, 6.45) is 0.972. The second kappa shape index (κ2) is 8.49. The Morgan fingerprint density at radius 2 is 1.82 bits per heavy atom. The molecule has 0 spiro atoms. The number of ether oxygens (including phenoxy) is 1. The summed E-state index contributed by atoms with van der Waals surface area (Å²) < 4.78 is 30.4. The van der Waals surface area contributed by atoms with E-state index in [2.05, 4.69) is 17.0 Å². The summed E-state index contributed by atoms with van der Waals surface area (Å²) in [7, 11) is 0. The van der Waals surface area contributed by atoms with Crippen molar-refractivity contribution >= 4 is 17.7 Å². The predicted molar refractivity (Wildman–Crippen MR) is 105 cm³/mol. The van der Waals surface area contributed by atoms with Gasteiger partial charge in [-0.1, -0.05) is 23.9 Å². The summed E-state index contributed by atoms with van der Waals surface area (Å²) in [6.45, 7) is 4.61. The van der Waals surface area contributed by atoms with Crippen molar-refractivity contribution in [3.8, 4) is 5.75 Å². The second-order valence-corrected chi connectivity index (χ2v) is 8.08. The number of hydrogen-bond donors (Lipinski definition) is 0. The average Bonchev–Trinajstić information content (AvgIpc) is 3.16. The van der Waals surface area contributed by atoms with Crippen LogP contribution in [0.3, 0.4) is 0 Å². The zero-order valence-corrected chi connectivity index (χ0v) is 16.3. The number of rotatable bonds is 5. The molecule has 2 aromatic rings. The lowest BCUT2D eigenvalue weighted by Gasteiger charge is -2.35. The van der Waals surface area contributed by atoms with E-state index in [0.717, 1.165) is 38.4 Å². The second-order valence-electron chi connectivity index (χ2n) is 7.01. The molecule has 1 saturated heterocycles. The van der Waals surface area contributed by atoms with E-state index in [-0.39, 0.29) is 5.91 Å². The normalized spacial score (nSPS) is 16.9. The molecule has 0 atom stereocenters. The molecule has 1 fully saturated rings. The molecule has 2 aliphatic heterocycles. The fraction of sp³-hybridized carbons (Fsp3) is 0.381. The van der Waals surface area contributed by atoms with E-state index in [0.29, 0.717) is 35.3 Å². The van der Waals surface area contributed by atoms with Gasteiger partial charge in [-0.3, -0.25) is 9.69 Å². The number of halogens is 2. The molecule has 0 N–H and O–H groups in total. The molecule has 4 nitrogen and oxygen atoms in total. The SMILES string of the molecule is O=C(c1ccc(SC(F)F)cc1)N1CCN(Cc2ccc3c(c2)CCO3)CC1. The molecule has 28 heavy (non-hydrogen) atoms. The smallest absolute Gasteiger partial charge is 0.288 e. The summed E-state index contributed by atoms with van der Waals surface area (Å²) in [5, 5.41) is 0. The number of carbonyl (C=O) groups excluding carboxylic acids is 1. The molecular formula is C21H22F2N2O2S. The highest BCUT2D eigenvalue weighted by Gasteiger charge is 2.23. The highest BCUT2D eigenvalue weighted by atomic mass is 32.2. The van der Waals surface area contributed by atoms with E-state index in [1.165, 1.54) is 11.1 Å². The van der Waals surface area contributed by atoms with Crippen LogP contribution in [0.4, 0.5) is 8.78 Å². The number of alkyl halides is 2. The van der Waals surface area contributed by atoms with Gasteiger partial charge in [0, 0.05) is 49.6 Å². The maximum absolute atomic E-state index is 12.7. The third-order valence-corrected chi connectivity index (χ3v) is 5.87. The van der Waals surface area contributed by atoms with Gasteiger partial charge in [0.25, 0.3) is 11.7 Å². The predicted octanol–water partition coefficient (Wildman–Crippen LogP) is 3.89. The highest BCUT2D eigenvalue weighted by molar-refractivity contribution is 7.99. The molecule has 7 heteroatoms. The first-order chi connectivity index (χ1) is 13.6. The van der Waals surface area contributed by atoms with Crippen LogP contribution in [-0.4, -0.2) is 54.3 Å². The van der Waals surface area contributed by atoms with Crippen molar-refractivity contribution in [3.63, 3.8) is 0 Å². The largest absolute Gasteiger partial charge is 0.493 e. The van der Waals surface area contributed by atoms with Crippen LogP contribution >= 0.6 is 11.8 Å². The Balaban J connectivity index is 1.30. The number of benzene rings is 2. The summed E-state index contributed by atoms with van der Waals surface area (Å²) >= 11 is 0.490. The zero-order valence-electron chi connectivity index (χ0n) is 15.4. The van der Waals surface area contributed by atoms with Crippen molar-refractivity contribution in [2.45, 2.75) is 23.6 Å². The Bertz CT molecular complexity index is 837. The van der Waals surface area contributed by atoms with Crippen LogP contribution in [0.1, 0.15) is 21.5 Å². The number of hydrogen-bond acceptors (Lipinski definition) is 4. The van der Waals surface area contributed by atoms with Crippen molar-refractivity contribution in [1.29, 1.82) is 0 Å². The number of nitrogens with zero attached hydrogens (tertiary/aromatic N) is 2. The van der Waals surface area contributed by atoms with Crippen molar-refractivity contribution in [1.82, 2.24) is 9.80 Å². The van der Waals surface area contributed by atoms with E-state index in [4.69, 9.17) is 4.74 Å². The molecule has 0 radical (unpaired) electrons. The van der Waals surface area contributed by atoms with Gasteiger partial charge < -0.3 is 9.64 Å². The van der Waals surface area contributed by atoms with Crippen LogP contribution in [0, 0.1) is 0 Å². The molecule has 0 bridgehead atoms. The van der Waals surface area contributed by atoms with Crippen LogP contribution in [0.15, 0.2) is 47.4 Å². The summed E-state index contributed by atoms with van der Waals surface area (Å²) in [5.41, 5.74) is 3.10. The molecule has 1 amide bonds. The van der Waals surface area contributed by atoms with Gasteiger partial charge in [0.15, 0.2) is 0 Å². The minimum Gasteiger partial charge on any atom is -0.493 e. The molecule has 2 aromatic carbocycles. The van der Waals surface area contributed by atoms with Gasteiger partial charge in [-0.25, -0.2) is 0 Å². The average molecular weight is 404 g/mol. The first-order valence-electron chi connectivity index (χ1n) is 9.39. The van der Waals surface area contributed by atoms with Crippen molar-refractivity contribution in [3.05, 3.63) is 59.2 Å². The Morgan fingerprint density at radius 3 is 2.54 bits per heavy atom. The minimum absolute atomic E-state index is 0.0390. The van der Waals surface area contributed by atoms with E-state index < -0.39 is 5.76 Å². The van der Waals surface area contributed by atoms with Gasteiger partial charge in [0.05, 0.1) is 6.61 Å². The first kappa shape index (κ1) is 19.2. The number of piperazine rings is 1. The van der Waals surface area contributed by atoms with E-state index in [1.54, 1.807) is 24.3 Å². The van der Waals surface area contributed by atoms with Crippen molar-refractivity contribution in [2.24, 2.45) is 0 Å². The van der Waals surface area contributed by atoms with Crippen LogP contribution in [-0.2, 0) is 13.0 Å². The maximum Gasteiger partial charge on any atom is 0.288 e. The number of amides is 1. The lowest BCUT2D eigenvalue weighted by atomic mass is 10.1. The monoisotopic (exact) mass is 404 g/mol. The Morgan fingerprint density at radius 1 is 1.07 bits per heavy atom. The van der Waals surface area contributed by atoms with E-state index in [1.807, 2.05) is 11.0 Å². The lowest BCUT2D eigenvalue weighted by molar-refractivity contribution is 0.0628. The molecule has 148 valence electrons. The third-order valence-electron chi connectivity index (χ3n) is 5.15. The number of carbonyl (C=O) groups is 1. The van der Waals surface area contributed by atoms with E-state index in [9.17, 15) is 13.6 Å². The van der Waals surface area contributed by atoms with Crippen molar-refractivity contribution in [2.75, 3.05) is 32.8 Å². The van der Waals surface area contributed by atoms with Gasteiger partial charge in [0.1, 0.15) is 5.75 Å². The van der Waals surface area contributed by atoms with Crippen LogP contribution in [0.25, 0.3) is 0 Å². The van der Waals surface area contributed by atoms with Crippen LogP contribution in [0.5, 0.6) is 5.75 Å². The summed E-state index contributed by atoms with van der Waals surface area (Å²) in [5.74, 6) is -1.49. The fourth-order valence-electron chi connectivity index (χ4n) is 3.67. The molecule has 2 aliphatic rings. The Hall–Kier alpha value is -2.12. The standard InChI is InChI=1S/C21H22F2N2O2S/c22-21(23)28-18-4-2-16(3-5-18)20(26)25-10-8-24(9-11-25)14-15-1-6-19-17(13-15)7-12-27-19/h1-6,13,21H,7-12,14H2. The van der Waals surface area contributed by atoms with Gasteiger partial charge in [-0.2, -0.15) is 8.78 Å². The zero-order chi connectivity index (χ0) is 19.5. The molecular weight excluding hydrogens is 382 g/mol. The Labute approximate surface area is 167 Å². The highest BCUT2D eigenvalue weighted by Crippen LogP contribution is 2.27. The lowest BCUT2D eigenvalue weighted by Crippen LogP contribution is -2.48. The molecule has 0 aliphatic carbocycles. The Kier molecular flexibility index (Phi) is 5.82. The first-order valence-corrected chi connectivity index (χ1v) is 10.3. The van der Waals surface area contributed by atoms with Gasteiger partial charge >= 0.3 is 0 Å². The minimum atomic E-state index is -2.45. The molecule has 4 rings (SSSR count). The van der Waals surface area contributed by atoms with Gasteiger partial charge in [0.2, 0.25) is 0 Å². The topological polar surface area (TPSA) is 32.8 Å². The van der Waals surface area contributed by atoms with Gasteiger partial charge in [-0.15, -0.1) is 0 Å². The summed E-state index contributed by atoms with van der Waals surface area (Å²) in [4.78, 5) is 17.3. The molecule has 2 heterocycles. The van der Waals surface area contributed by atoms with E-state index >= 15 is 0 Å². The van der Waals surface area contributed by atoms with Gasteiger partial charge in [-0.05, 0) is 41.5 Å².